The zero-order valence-electron chi connectivity index (χ0n) is 17.6. The Bertz CT molecular complexity index is 999. The zero-order chi connectivity index (χ0) is 22.7. The van der Waals surface area contributed by atoms with Crippen molar-refractivity contribution in [1.29, 1.82) is 0 Å². The first kappa shape index (κ1) is 21.6. The topological polar surface area (TPSA) is 105 Å². The van der Waals surface area contributed by atoms with Crippen molar-refractivity contribution >= 4 is 18.0 Å². The number of hydrogen-bond donors (Lipinski definition) is 3. The fraction of sp³-hybridized carbons (Fsp3) is 0.320. The van der Waals surface area contributed by atoms with Gasteiger partial charge in [0.1, 0.15) is 12.6 Å². The molecule has 0 saturated heterocycles. The lowest BCUT2D eigenvalue weighted by atomic mass is 9.80. The van der Waals surface area contributed by atoms with Gasteiger partial charge in [-0.1, -0.05) is 54.6 Å². The van der Waals surface area contributed by atoms with E-state index in [0.717, 1.165) is 22.3 Å². The van der Waals surface area contributed by atoms with E-state index < -0.39 is 24.0 Å². The highest BCUT2D eigenvalue weighted by molar-refractivity contribution is 5.86. The standard InChI is InChI=1S/C25H26N2O5/c1-2-7-22(23(28)26-16-12-15(13-16)24(29)30)27-25(31)32-14-21-19-10-5-3-8-17(19)18-9-4-6-11-20(18)21/h2-6,8-11,15-16,21-22H,1,7,12-14H2,(H,26,28)(H,27,31)(H,29,30). The van der Waals surface area contributed by atoms with E-state index in [9.17, 15) is 14.4 Å². The van der Waals surface area contributed by atoms with Gasteiger partial charge in [-0.05, 0) is 41.5 Å². The fourth-order valence-corrected chi connectivity index (χ4v) is 4.42. The molecule has 2 amide bonds. The highest BCUT2D eigenvalue weighted by Crippen LogP contribution is 2.44. The molecular formula is C25H26N2O5. The monoisotopic (exact) mass is 434 g/mol. The average Bonchev–Trinajstić information content (AvgIpc) is 3.07. The summed E-state index contributed by atoms with van der Waals surface area (Å²) in [6.45, 7) is 3.81. The minimum atomic E-state index is -0.852. The number of carbonyl (C=O) groups excluding carboxylic acids is 2. The quantitative estimate of drug-likeness (QED) is 0.552. The molecule has 0 spiro atoms. The first-order valence-corrected chi connectivity index (χ1v) is 10.7. The Labute approximate surface area is 186 Å². The predicted octanol–water partition coefficient (Wildman–Crippen LogP) is 3.45. The number of carbonyl (C=O) groups is 3. The molecule has 3 N–H and O–H groups in total. The van der Waals surface area contributed by atoms with Crippen molar-refractivity contribution in [2.45, 2.75) is 37.3 Å². The second-order valence-electron chi connectivity index (χ2n) is 8.26. The van der Waals surface area contributed by atoms with Gasteiger partial charge in [-0.2, -0.15) is 0 Å². The Hall–Kier alpha value is -3.61. The molecule has 7 nitrogen and oxygen atoms in total. The highest BCUT2D eigenvalue weighted by atomic mass is 16.5. The highest BCUT2D eigenvalue weighted by Gasteiger charge is 2.36. The van der Waals surface area contributed by atoms with Crippen LogP contribution in [0.3, 0.4) is 0 Å². The Balaban J connectivity index is 1.35. The van der Waals surface area contributed by atoms with Crippen LogP contribution in [0, 0.1) is 5.92 Å². The van der Waals surface area contributed by atoms with E-state index in [-0.39, 0.29) is 30.9 Å². The van der Waals surface area contributed by atoms with Crippen molar-refractivity contribution in [2.24, 2.45) is 5.92 Å². The number of nitrogens with one attached hydrogen (secondary N) is 2. The van der Waals surface area contributed by atoms with Gasteiger partial charge in [-0.3, -0.25) is 9.59 Å². The molecule has 0 radical (unpaired) electrons. The van der Waals surface area contributed by atoms with Gasteiger partial charge in [0, 0.05) is 12.0 Å². The smallest absolute Gasteiger partial charge is 0.407 e. The molecule has 2 aromatic rings. The maximum Gasteiger partial charge on any atom is 0.407 e. The van der Waals surface area contributed by atoms with Crippen molar-refractivity contribution in [3.63, 3.8) is 0 Å². The van der Waals surface area contributed by atoms with Gasteiger partial charge in [-0.15, -0.1) is 6.58 Å². The minimum Gasteiger partial charge on any atom is -0.481 e. The molecule has 1 fully saturated rings. The van der Waals surface area contributed by atoms with Crippen LogP contribution in [-0.2, 0) is 14.3 Å². The maximum atomic E-state index is 12.6. The van der Waals surface area contributed by atoms with E-state index in [1.165, 1.54) is 0 Å². The molecule has 0 heterocycles. The summed E-state index contributed by atoms with van der Waals surface area (Å²) in [6, 6.07) is 15.1. The van der Waals surface area contributed by atoms with E-state index in [4.69, 9.17) is 9.84 Å². The Kier molecular flexibility index (Phi) is 6.25. The van der Waals surface area contributed by atoms with Crippen molar-refractivity contribution < 1.29 is 24.2 Å². The Morgan fingerprint density at radius 3 is 2.22 bits per heavy atom. The van der Waals surface area contributed by atoms with Crippen molar-refractivity contribution in [3.05, 3.63) is 72.3 Å². The van der Waals surface area contributed by atoms with E-state index in [2.05, 4.69) is 29.3 Å². The summed E-state index contributed by atoms with van der Waals surface area (Å²) in [5.41, 5.74) is 4.50. The van der Waals surface area contributed by atoms with Gasteiger partial charge >= 0.3 is 12.1 Å². The molecule has 2 aliphatic rings. The first-order valence-electron chi connectivity index (χ1n) is 10.7. The third-order valence-electron chi connectivity index (χ3n) is 6.19. The number of rotatable bonds is 8. The number of carboxylic acids is 1. The van der Waals surface area contributed by atoms with Crippen LogP contribution in [0.5, 0.6) is 0 Å². The molecule has 2 aromatic carbocycles. The summed E-state index contributed by atoms with van der Waals surface area (Å²) in [7, 11) is 0. The molecule has 4 rings (SSSR count). The number of fused-ring (bicyclic) bond motifs is 3. The van der Waals surface area contributed by atoms with Crippen LogP contribution < -0.4 is 10.6 Å². The van der Waals surface area contributed by atoms with Gasteiger partial charge in [0.15, 0.2) is 0 Å². The normalized spacial score (nSPS) is 19.6. The van der Waals surface area contributed by atoms with Crippen LogP contribution in [0.25, 0.3) is 11.1 Å². The second kappa shape index (κ2) is 9.26. The molecule has 166 valence electrons. The third kappa shape index (κ3) is 4.37. The third-order valence-corrected chi connectivity index (χ3v) is 6.19. The van der Waals surface area contributed by atoms with Crippen LogP contribution in [0.1, 0.15) is 36.3 Å². The molecule has 1 unspecified atom stereocenters. The number of hydrogen-bond acceptors (Lipinski definition) is 4. The molecular weight excluding hydrogens is 408 g/mol. The number of carboxylic acid groups (broad SMARTS) is 1. The largest absolute Gasteiger partial charge is 0.481 e. The van der Waals surface area contributed by atoms with Crippen LogP contribution in [0.15, 0.2) is 61.2 Å². The maximum absolute atomic E-state index is 12.6. The molecule has 0 aromatic heterocycles. The number of ether oxygens (including phenoxy) is 1. The summed E-state index contributed by atoms with van der Waals surface area (Å²) >= 11 is 0. The lowest BCUT2D eigenvalue weighted by Crippen LogP contribution is -2.53. The summed E-state index contributed by atoms with van der Waals surface area (Å²) in [5, 5.41) is 14.4. The zero-order valence-corrected chi connectivity index (χ0v) is 17.6. The Morgan fingerprint density at radius 2 is 1.66 bits per heavy atom. The molecule has 7 heteroatoms. The van der Waals surface area contributed by atoms with E-state index in [1.54, 1.807) is 6.08 Å². The SMILES string of the molecule is C=CCC(NC(=O)OCC1c2ccccc2-c2ccccc21)C(=O)NC1CC(C(=O)O)C1. The number of aliphatic carboxylic acids is 1. The van der Waals surface area contributed by atoms with Gasteiger partial charge < -0.3 is 20.5 Å². The molecule has 1 atom stereocenters. The van der Waals surface area contributed by atoms with Crippen LogP contribution in [-0.4, -0.2) is 41.8 Å². The molecule has 0 bridgehead atoms. The first-order chi connectivity index (χ1) is 15.5. The molecule has 1 saturated carbocycles. The summed E-state index contributed by atoms with van der Waals surface area (Å²) < 4.78 is 5.52. The van der Waals surface area contributed by atoms with Gasteiger partial charge in [0.25, 0.3) is 0 Å². The lowest BCUT2D eigenvalue weighted by Gasteiger charge is -2.33. The molecule has 32 heavy (non-hydrogen) atoms. The fourth-order valence-electron chi connectivity index (χ4n) is 4.42. The van der Waals surface area contributed by atoms with Crippen molar-refractivity contribution in [2.75, 3.05) is 6.61 Å². The summed E-state index contributed by atoms with van der Waals surface area (Å²) in [4.78, 5) is 36.0. The van der Waals surface area contributed by atoms with Crippen molar-refractivity contribution in [3.8, 4) is 11.1 Å². The Morgan fingerprint density at radius 1 is 1.06 bits per heavy atom. The number of benzene rings is 2. The van der Waals surface area contributed by atoms with E-state index in [1.807, 2.05) is 36.4 Å². The number of alkyl carbamates (subject to hydrolysis) is 1. The van der Waals surface area contributed by atoms with Gasteiger partial charge in [0.2, 0.25) is 5.91 Å². The minimum absolute atomic E-state index is 0.0669. The van der Waals surface area contributed by atoms with Crippen LogP contribution in [0.2, 0.25) is 0 Å². The van der Waals surface area contributed by atoms with Crippen LogP contribution >= 0.6 is 0 Å². The van der Waals surface area contributed by atoms with E-state index in [0.29, 0.717) is 12.8 Å². The van der Waals surface area contributed by atoms with Gasteiger partial charge in [0.05, 0.1) is 5.92 Å². The summed E-state index contributed by atoms with van der Waals surface area (Å²) in [6.07, 6.45) is 1.91. The average molecular weight is 434 g/mol. The van der Waals surface area contributed by atoms with E-state index >= 15 is 0 Å². The second-order valence-corrected chi connectivity index (χ2v) is 8.26. The predicted molar refractivity (Wildman–Crippen MR) is 119 cm³/mol. The number of amides is 2. The van der Waals surface area contributed by atoms with Gasteiger partial charge in [-0.25, -0.2) is 4.79 Å². The lowest BCUT2D eigenvalue weighted by molar-refractivity contribution is -0.146. The van der Waals surface area contributed by atoms with Crippen LogP contribution in [0.4, 0.5) is 4.79 Å². The summed E-state index contributed by atoms with van der Waals surface area (Å²) in [5.74, 6) is -1.71. The molecule has 0 aliphatic heterocycles. The van der Waals surface area contributed by atoms with Crippen molar-refractivity contribution in [1.82, 2.24) is 10.6 Å². The molecule has 2 aliphatic carbocycles.